The van der Waals surface area contributed by atoms with Crippen LogP contribution in [0.25, 0.3) is 0 Å². The molecule has 0 radical (unpaired) electrons. The molecular weight excluding hydrogens is 313 g/mol. The number of alkyl halides is 3. The monoisotopic (exact) mass is 326 g/mol. The second-order valence-electron chi connectivity index (χ2n) is 4.84. The first-order valence-corrected chi connectivity index (χ1v) is 6.45. The number of aromatic carboxylic acids is 1. The Morgan fingerprint density at radius 2 is 1.91 bits per heavy atom. The summed E-state index contributed by atoms with van der Waals surface area (Å²) in [5, 5.41) is 8.85. The van der Waals surface area contributed by atoms with Gasteiger partial charge in [0.2, 0.25) is 5.88 Å². The molecule has 0 atom stereocenters. The fourth-order valence-corrected chi connectivity index (χ4v) is 1.91. The van der Waals surface area contributed by atoms with Crippen LogP contribution in [-0.4, -0.2) is 30.2 Å². The molecule has 1 aromatic carbocycles. The Morgan fingerprint density at radius 3 is 2.48 bits per heavy atom. The maximum Gasteiger partial charge on any atom is 0.418 e. The lowest BCUT2D eigenvalue weighted by Gasteiger charge is -2.20. The molecule has 1 heterocycles. The number of anilines is 1. The number of benzene rings is 1. The topological polar surface area (TPSA) is 62.7 Å². The maximum atomic E-state index is 13.1. The molecule has 0 saturated heterocycles. The minimum atomic E-state index is -4.55. The molecule has 1 aromatic heterocycles. The summed E-state index contributed by atoms with van der Waals surface area (Å²) in [7, 11) is 3.01. The van der Waals surface area contributed by atoms with Gasteiger partial charge in [-0.1, -0.05) is 6.07 Å². The number of pyridine rings is 1. The molecule has 0 spiro atoms. The van der Waals surface area contributed by atoms with Gasteiger partial charge in [0.05, 0.1) is 5.56 Å². The van der Waals surface area contributed by atoms with Crippen molar-refractivity contribution in [1.82, 2.24) is 4.98 Å². The molecule has 23 heavy (non-hydrogen) atoms. The van der Waals surface area contributed by atoms with Crippen LogP contribution < -0.4 is 9.64 Å². The summed E-state index contributed by atoms with van der Waals surface area (Å²) in [5.74, 6) is -1.44. The van der Waals surface area contributed by atoms with Crippen LogP contribution >= 0.6 is 0 Å². The summed E-state index contributed by atoms with van der Waals surface area (Å²) in [6.45, 7) is 0. The van der Waals surface area contributed by atoms with Gasteiger partial charge in [-0.25, -0.2) is 9.78 Å². The average Bonchev–Trinajstić information content (AvgIpc) is 2.46. The molecule has 2 rings (SSSR count). The van der Waals surface area contributed by atoms with E-state index in [-0.39, 0.29) is 23.0 Å². The largest absolute Gasteiger partial charge is 0.477 e. The number of aromatic nitrogens is 1. The number of halogens is 3. The number of carboxylic acid groups (broad SMARTS) is 1. The number of hydrogen-bond acceptors (Lipinski definition) is 4. The number of carbonyl (C=O) groups is 1. The number of nitrogens with zero attached hydrogens (tertiary/aromatic N) is 2. The van der Waals surface area contributed by atoms with Gasteiger partial charge in [0.25, 0.3) is 0 Å². The zero-order valence-electron chi connectivity index (χ0n) is 12.3. The highest BCUT2D eigenvalue weighted by atomic mass is 19.4. The molecule has 0 saturated carbocycles. The van der Waals surface area contributed by atoms with Crippen molar-refractivity contribution < 1.29 is 27.8 Å². The van der Waals surface area contributed by atoms with Gasteiger partial charge in [-0.3, -0.25) is 0 Å². The van der Waals surface area contributed by atoms with E-state index in [9.17, 15) is 18.0 Å². The molecule has 0 amide bonds. The molecule has 0 bridgehead atoms. The van der Waals surface area contributed by atoms with Gasteiger partial charge in [-0.15, -0.1) is 0 Å². The third-order valence-corrected chi connectivity index (χ3v) is 2.92. The third kappa shape index (κ3) is 3.91. The zero-order valence-corrected chi connectivity index (χ0v) is 12.3. The van der Waals surface area contributed by atoms with E-state index in [1.54, 1.807) is 0 Å². The van der Waals surface area contributed by atoms with Crippen LogP contribution in [0.15, 0.2) is 36.4 Å². The van der Waals surface area contributed by atoms with Crippen molar-refractivity contribution in [3.05, 3.63) is 47.7 Å². The quantitative estimate of drug-likeness (QED) is 0.929. The van der Waals surface area contributed by atoms with Crippen molar-refractivity contribution in [3.8, 4) is 11.6 Å². The molecule has 5 nitrogen and oxygen atoms in total. The summed E-state index contributed by atoms with van der Waals surface area (Å²) in [6.07, 6.45) is -4.55. The lowest BCUT2D eigenvalue weighted by atomic mass is 10.1. The van der Waals surface area contributed by atoms with E-state index in [1.807, 2.05) is 0 Å². The molecule has 0 aliphatic carbocycles. The van der Waals surface area contributed by atoms with Gasteiger partial charge >= 0.3 is 12.1 Å². The van der Waals surface area contributed by atoms with Gasteiger partial charge in [0.15, 0.2) is 5.69 Å². The van der Waals surface area contributed by atoms with Crippen LogP contribution in [0.1, 0.15) is 16.1 Å². The number of carboxylic acids is 1. The minimum absolute atomic E-state index is 0.00269. The maximum absolute atomic E-state index is 13.1. The van der Waals surface area contributed by atoms with Gasteiger partial charge in [0, 0.05) is 25.8 Å². The Kier molecular flexibility index (Phi) is 4.44. The fourth-order valence-electron chi connectivity index (χ4n) is 1.91. The summed E-state index contributed by atoms with van der Waals surface area (Å²) < 4.78 is 44.6. The summed E-state index contributed by atoms with van der Waals surface area (Å²) >= 11 is 0. The summed E-state index contributed by atoms with van der Waals surface area (Å²) in [4.78, 5) is 15.9. The molecule has 0 fully saturated rings. The zero-order chi connectivity index (χ0) is 17.2. The van der Waals surface area contributed by atoms with E-state index in [4.69, 9.17) is 9.84 Å². The fraction of sp³-hybridized carbons (Fsp3) is 0.200. The Bertz CT molecular complexity index is 730. The SMILES string of the molecule is CN(C)c1ccc(Oc2cccc(C(=O)O)n2)cc1C(F)(F)F. The predicted octanol–water partition coefficient (Wildman–Crippen LogP) is 3.66. The lowest BCUT2D eigenvalue weighted by Crippen LogP contribution is -2.16. The minimum Gasteiger partial charge on any atom is -0.477 e. The predicted molar refractivity (Wildman–Crippen MR) is 77.0 cm³/mol. The van der Waals surface area contributed by atoms with Crippen molar-refractivity contribution in [3.63, 3.8) is 0 Å². The van der Waals surface area contributed by atoms with Crippen molar-refractivity contribution >= 4 is 11.7 Å². The first-order chi connectivity index (χ1) is 10.7. The van der Waals surface area contributed by atoms with Crippen molar-refractivity contribution in [2.75, 3.05) is 19.0 Å². The molecule has 0 aliphatic heterocycles. The summed E-state index contributed by atoms with van der Waals surface area (Å²) in [6, 6.07) is 7.50. The molecule has 0 aliphatic rings. The van der Waals surface area contributed by atoms with Crippen LogP contribution in [-0.2, 0) is 6.18 Å². The Morgan fingerprint density at radius 1 is 1.22 bits per heavy atom. The number of rotatable bonds is 4. The van der Waals surface area contributed by atoms with Crippen molar-refractivity contribution in [2.45, 2.75) is 6.18 Å². The Labute approximate surface area is 129 Å². The van der Waals surface area contributed by atoms with Crippen molar-refractivity contribution in [2.24, 2.45) is 0 Å². The molecule has 2 aromatic rings. The van der Waals surface area contributed by atoms with E-state index in [0.717, 1.165) is 6.07 Å². The highest BCUT2D eigenvalue weighted by Crippen LogP contribution is 2.38. The van der Waals surface area contributed by atoms with Crippen LogP contribution in [0.4, 0.5) is 18.9 Å². The van der Waals surface area contributed by atoms with Gasteiger partial charge in [-0.05, 0) is 24.3 Å². The Hall–Kier alpha value is -2.77. The molecule has 122 valence electrons. The highest BCUT2D eigenvalue weighted by Gasteiger charge is 2.34. The molecule has 1 N–H and O–H groups in total. The lowest BCUT2D eigenvalue weighted by molar-refractivity contribution is -0.137. The molecular formula is C15H13F3N2O3. The second-order valence-corrected chi connectivity index (χ2v) is 4.84. The van der Waals surface area contributed by atoms with Crippen LogP contribution in [0.5, 0.6) is 11.6 Å². The first kappa shape index (κ1) is 16.6. The van der Waals surface area contributed by atoms with Crippen LogP contribution in [0.3, 0.4) is 0 Å². The normalized spacial score (nSPS) is 11.2. The molecule has 0 unspecified atom stereocenters. The van der Waals surface area contributed by atoms with Gasteiger partial charge < -0.3 is 14.7 Å². The van der Waals surface area contributed by atoms with E-state index < -0.39 is 17.7 Å². The highest BCUT2D eigenvalue weighted by molar-refractivity contribution is 5.85. The smallest absolute Gasteiger partial charge is 0.418 e. The number of ether oxygens (including phenoxy) is 1. The first-order valence-electron chi connectivity index (χ1n) is 6.45. The van der Waals surface area contributed by atoms with Gasteiger partial charge in [0.1, 0.15) is 5.75 Å². The van der Waals surface area contributed by atoms with Crippen LogP contribution in [0, 0.1) is 0 Å². The molecule has 8 heteroatoms. The van der Waals surface area contributed by atoms with E-state index in [0.29, 0.717) is 0 Å². The van der Waals surface area contributed by atoms with E-state index >= 15 is 0 Å². The third-order valence-electron chi connectivity index (χ3n) is 2.92. The van der Waals surface area contributed by atoms with E-state index in [1.165, 1.54) is 49.3 Å². The Balaban J connectivity index is 2.38. The van der Waals surface area contributed by atoms with Crippen molar-refractivity contribution in [1.29, 1.82) is 0 Å². The van der Waals surface area contributed by atoms with Crippen LogP contribution in [0.2, 0.25) is 0 Å². The average molecular weight is 326 g/mol. The summed E-state index contributed by atoms with van der Waals surface area (Å²) in [5.41, 5.74) is -1.12. The second kappa shape index (κ2) is 6.15. The standard InChI is InChI=1S/C15H13F3N2O3/c1-20(2)12-7-6-9(8-10(12)15(16,17)18)23-13-5-3-4-11(19-13)14(21)22/h3-8H,1-2H3,(H,21,22). The number of hydrogen-bond donors (Lipinski definition) is 1. The van der Waals surface area contributed by atoms with Gasteiger partial charge in [-0.2, -0.15) is 13.2 Å². The van der Waals surface area contributed by atoms with E-state index in [2.05, 4.69) is 4.98 Å².